The molecule has 0 radical (unpaired) electrons. The Kier molecular flexibility index (Phi) is 4.73. The SMILES string of the molecule is CCOc1c(Cl)cc(C(=O)N2CC[C@@H](N)C2)cc1OC. The van der Waals surface area contributed by atoms with E-state index in [1.165, 1.54) is 7.11 Å². The van der Waals surface area contributed by atoms with Crippen molar-refractivity contribution < 1.29 is 14.3 Å². The van der Waals surface area contributed by atoms with Crippen LogP contribution in [0.15, 0.2) is 12.1 Å². The number of ether oxygens (including phenoxy) is 2. The van der Waals surface area contributed by atoms with Crippen LogP contribution in [-0.4, -0.2) is 43.7 Å². The average Bonchev–Trinajstić information content (AvgIpc) is 2.86. The molecule has 6 heteroatoms. The van der Waals surface area contributed by atoms with Gasteiger partial charge < -0.3 is 20.1 Å². The Morgan fingerprint density at radius 2 is 2.30 bits per heavy atom. The molecule has 1 fully saturated rings. The molecule has 1 aromatic carbocycles. The molecule has 1 aliphatic rings. The molecule has 1 atom stereocenters. The summed E-state index contributed by atoms with van der Waals surface area (Å²) in [6.07, 6.45) is 0.827. The number of hydrogen-bond donors (Lipinski definition) is 1. The van der Waals surface area contributed by atoms with Crippen molar-refractivity contribution in [2.45, 2.75) is 19.4 Å². The van der Waals surface area contributed by atoms with E-state index in [4.69, 9.17) is 26.8 Å². The molecule has 110 valence electrons. The highest BCUT2D eigenvalue weighted by Gasteiger charge is 2.26. The summed E-state index contributed by atoms with van der Waals surface area (Å²) >= 11 is 6.17. The van der Waals surface area contributed by atoms with Crippen LogP contribution < -0.4 is 15.2 Å². The average molecular weight is 299 g/mol. The largest absolute Gasteiger partial charge is 0.493 e. The summed E-state index contributed by atoms with van der Waals surface area (Å²) in [4.78, 5) is 14.1. The first-order valence-corrected chi connectivity index (χ1v) is 6.99. The van der Waals surface area contributed by atoms with Crippen molar-refractivity contribution in [2.24, 2.45) is 5.73 Å². The zero-order valence-electron chi connectivity index (χ0n) is 11.7. The Morgan fingerprint density at radius 1 is 1.55 bits per heavy atom. The van der Waals surface area contributed by atoms with Crippen molar-refractivity contribution in [3.8, 4) is 11.5 Å². The van der Waals surface area contributed by atoms with Crippen LogP contribution >= 0.6 is 11.6 Å². The van der Waals surface area contributed by atoms with Gasteiger partial charge in [-0.1, -0.05) is 11.6 Å². The highest BCUT2D eigenvalue weighted by Crippen LogP contribution is 2.36. The second-order valence-electron chi connectivity index (χ2n) is 4.72. The number of carbonyl (C=O) groups is 1. The molecular formula is C14H19ClN2O3. The Bertz CT molecular complexity index is 507. The van der Waals surface area contributed by atoms with Crippen molar-refractivity contribution in [2.75, 3.05) is 26.8 Å². The first-order chi connectivity index (χ1) is 9.56. The van der Waals surface area contributed by atoms with Gasteiger partial charge in [0, 0.05) is 24.7 Å². The second kappa shape index (κ2) is 6.33. The van der Waals surface area contributed by atoms with Gasteiger partial charge in [-0.25, -0.2) is 0 Å². The number of methoxy groups -OCH3 is 1. The lowest BCUT2D eigenvalue weighted by molar-refractivity contribution is 0.0790. The number of hydrogen-bond acceptors (Lipinski definition) is 4. The Labute approximate surface area is 123 Å². The fourth-order valence-electron chi connectivity index (χ4n) is 2.28. The second-order valence-corrected chi connectivity index (χ2v) is 5.13. The van der Waals surface area contributed by atoms with Crippen LogP contribution in [0.3, 0.4) is 0 Å². The zero-order chi connectivity index (χ0) is 14.7. The van der Waals surface area contributed by atoms with Crippen molar-refractivity contribution in [1.82, 2.24) is 4.90 Å². The van der Waals surface area contributed by atoms with Gasteiger partial charge in [-0.3, -0.25) is 4.79 Å². The molecule has 0 spiro atoms. The van der Waals surface area contributed by atoms with E-state index in [9.17, 15) is 4.79 Å². The third-order valence-corrected chi connectivity index (χ3v) is 3.56. The van der Waals surface area contributed by atoms with E-state index in [1.807, 2.05) is 6.92 Å². The molecule has 0 aromatic heterocycles. The van der Waals surface area contributed by atoms with Crippen molar-refractivity contribution >= 4 is 17.5 Å². The first-order valence-electron chi connectivity index (χ1n) is 6.62. The topological polar surface area (TPSA) is 64.8 Å². The third-order valence-electron chi connectivity index (χ3n) is 3.28. The lowest BCUT2D eigenvalue weighted by Gasteiger charge is -2.18. The monoisotopic (exact) mass is 298 g/mol. The molecule has 0 unspecified atom stereocenters. The molecule has 20 heavy (non-hydrogen) atoms. The summed E-state index contributed by atoms with van der Waals surface area (Å²) in [5, 5.41) is 0.373. The lowest BCUT2D eigenvalue weighted by Crippen LogP contribution is -2.31. The lowest BCUT2D eigenvalue weighted by atomic mass is 10.1. The molecule has 1 aromatic rings. The maximum Gasteiger partial charge on any atom is 0.254 e. The minimum absolute atomic E-state index is 0.0546. The number of likely N-dealkylation sites (tertiary alicyclic amines) is 1. The number of nitrogens with two attached hydrogens (primary N) is 1. The highest BCUT2D eigenvalue weighted by molar-refractivity contribution is 6.32. The van der Waals surface area contributed by atoms with E-state index in [1.54, 1.807) is 17.0 Å². The Morgan fingerprint density at radius 3 is 2.85 bits per heavy atom. The van der Waals surface area contributed by atoms with Crippen LogP contribution in [0.1, 0.15) is 23.7 Å². The van der Waals surface area contributed by atoms with Crippen molar-refractivity contribution in [1.29, 1.82) is 0 Å². The molecule has 2 N–H and O–H groups in total. The standard InChI is InChI=1S/C14H19ClN2O3/c1-3-20-13-11(15)6-9(7-12(13)19-2)14(18)17-5-4-10(16)8-17/h6-7,10H,3-5,8,16H2,1-2H3/t10-/m1/s1. The maximum atomic E-state index is 12.4. The van der Waals surface area contributed by atoms with E-state index in [0.29, 0.717) is 41.8 Å². The summed E-state index contributed by atoms with van der Waals surface area (Å²) < 4.78 is 10.7. The Balaban J connectivity index is 2.28. The van der Waals surface area contributed by atoms with Crippen molar-refractivity contribution in [3.05, 3.63) is 22.7 Å². The first kappa shape index (κ1) is 14.9. The molecule has 1 amide bonds. The zero-order valence-corrected chi connectivity index (χ0v) is 12.4. The molecule has 1 aliphatic heterocycles. The molecule has 1 heterocycles. The van der Waals surface area contributed by atoms with Gasteiger partial charge in [0.15, 0.2) is 11.5 Å². The number of halogens is 1. The quantitative estimate of drug-likeness (QED) is 0.922. The van der Waals surface area contributed by atoms with Crippen LogP contribution in [0.25, 0.3) is 0 Å². The van der Waals surface area contributed by atoms with Crippen molar-refractivity contribution in [3.63, 3.8) is 0 Å². The minimum atomic E-state index is -0.0822. The summed E-state index contributed by atoms with van der Waals surface area (Å²) in [5.41, 5.74) is 6.32. The number of benzene rings is 1. The third kappa shape index (κ3) is 2.99. The molecule has 5 nitrogen and oxygen atoms in total. The predicted molar refractivity (Wildman–Crippen MR) is 77.7 cm³/mol. The number of carbonyl (C=O) groups excluding carboxylic acids is 1. The predicted octanol–water partition coefficient (Wildman–Crippen LogP) is 1.92. The minimum Gasteiger partial charge on any atom is -0.493 e. The normalized spacial score (nSPS) is 18.2. The molecule has 2 rings (SSSR count). The molecular weight excluding hydrogens is 280 g/mol. The van der Waals surface area contributed by atoms with Gasteiger partial charge in [-0.05, 0) is 25.5 Å². The summed E-state index contributed by atoms with van der Waals surface area (Å²) in [5.74, 6) is 0.846. The number of nitrogens with zero attached hydrogens (tertiary/aromatic N) is 1. The summed E-state index contributed by atoms with van der Waals surface area (Å²) in [6.45, 7) is 3.59. The van der Waals surface area contributed by atoms with Crippen LogP contribution in [0.2, 0.25) is 5.02 Å². The van der Waals surface area contributed by atoms with Gasteiger partial charge in [-0.2, -0.15) is 0 Å². The molecule has 0 aliphatic carbocycles. The Hall–Kier alpha value is -1.46. The van der Waals surface area contributed by atoms with E-state index in [0.717, 1.165) is 6.42 Å². The molecule has 0 bridgehead atoms. The molecule has 1 saturated heterocycles. The van der Waals surface area contributed by atoms with Gasteiger partial charge in [-0.15, -0.1) is 0 Å². The summed E-state index contributed by atoms with van der Waals surface area (Å²) in [6, 6.07) is 3.32. The number of amides is 1. The number of rotatable bonds is 4. The van der Waals surface area contributed by atoms with Crippen LogP contribution in [0, 0.1) is 0 Å². The molecule has 0 saturated carbocycles. The van der Waals surface area contributed by atoms with Crippen LogP contribution in [0.4, 0.5) is 0 Å². The smallest absolute Gasteiger partial charge is 0.254 e. The van der Waals surface area contributed by atoms with E-state index >= 15 is 0 Å². The van der Waals surface area contributed by atoms with Gasteiger partial charge in [0.1, 0.15) is 0 Å². The fraction of sp³-hybridized carbons (Fsp3) is 0.500. The van der Waals surface area contributed by atoms with Gasteiger partial charge in [0.05, 0.1) is 18.7 Å². The fourth-order valence-corrected chi connectivity index (χ4v) is 2.55. The highest BCUT2D eigenvalue weighted by atomic mass is 35.5. The van der Waals surface area contributed by atoms with E-state index in [2.05, 4.69) is 0 Å². The van der Waals surface area contributed by atoms with E-state index in [-0.39, 0.29) is 11.9 Å². The van der Waals surface area contributed by atoms with Crippen LogP contribution in [-0.2, 0) is 0 Å². The van der Waals surface area contributed by atoms with E-state index < -0.39 is 0 Å². The van der Waals surface area contributed by atoms with Gasteiger partial charge in [0.2, 0.25) is 0 Å². The summed E-state index contributed by atoms with van der Waals surface area (Å²) in [7, 11) is 1.52. The van der Waals surface area contributed by atoms with Gasteiger partial charge in [0.25, 0.3) is 5.91 Å². The maximum absolute atomic E-state index is 12.4. The van der Waals surface area contributed by atoms with Crippen LogP contribution in [0.5, 0.6) is 11.5 Å². The van der Waals surface area contributed by atoms with Gasteiger partial charge >= 0.3 is 0 Å².